The molecule has 1 aromatic rings. The summed E-state index contributed by atoms with van der Waals surface area (Å²) in [5.41, 5.74) is 2.57. The van der Waals surface area contributed by atoms with E-state index in [4.69, 9.17) is 20.9 Å². The van der Waals surface area contributed by atoms with E-state index in [1.807, 2.05) is 25.1 Å². The monoisotopic (exact) mass is 324 g/mol. The van der Waals surface area contributed by atoms with Crippen LogP contribution in [-0.4, -0.2) is 24.1 Å². The summed E-state index contributed by atoms with van der Waals surface area (Å²) < 4.78 is 12.2. The lowest BCUT2D eigenvalue weighted by Crippen LogP contribution is -2.41. The van der Waals surface area contributed by atoms with E-state index in [0.717, 1.165) is 21.6 Å². The molecule has 2 nitrogen and oxygen atoms in total. The summed E-state index contributed by atoms with van der Waals surface area (Å²) in [5.74, 6) is 0.582. The smallest absolute Gasteiger partial charge is 0.400 e. The number of halogens is 1. The van der Waals surface area contributed by atoms with Crippen molar-refractivity contribution in [3.8, 4) is 0 Å². The Morgan fingerprint density at radius 1 is 1.24 bits per heavy atom. The van der Waals surface area contributed by atoms with Crippen LogP contribution in [0.1, 0.15) is 38.8 Å². The van der Waals surface area contributed by atoms with Crippen LogP contribution < -0.4 is 0 Å². The summed E-state index contributed by atoms with van der Waals surface area (Å²) in [6, 6.07) is 5.85. The van der Waals surface area contributed by atoms with Gasteiger partial charge in [-0.05, 0) is 63.4 Å². The highest BCUT2D eigenvalue weighted by Crippen LogP contribution is 2.39. The van der Waals surface area contributed by atoms with E-state index in [1.54, 1.807) is 0 Å². The van der Waals surface area contributed by atoms with Crippen molar-refractivity contribution in [2.24, 2.45) is 0 Å². The second-order valence-electron chi connectivity index (χ2n) is 6.47. The van der Waals surface area contributed by atoms with Crippen LogP contribution in [0.4, 0.5) is 0 Å². The standard InChI is InChI=1S/C16H22BClO2S/c1-11-8-14(18)7-6-12(11)9-13(10-21)17-19-15(2,3)16(4,5)20-17/h6-9,21H,10H2,1-5H3. The number of benzene rings is 1. The minimum atomic E-state index is -0.359. The van der Waals surface area contributed by atoms with Crippen molar-refractivity contribution in [3.05, 3.63) is 39.8 Å². The predicted molar refractivity (Wildman–Crippen MR) is 94.1 cm³/mol. The second-order valence-corrected chi connectivity index (χ2v) is 7.22. The molecule has 1 aromatic carbocycles. The van der Waals surface area contributed by atoms with Gasteiger partial charge in [-0.15, -0.1) is 0 Å². The van der Waals surface area contributed by atoms with Gasteiger partial charge in [0, 0.05) is 10.8 Å². The summed E-state index contributed by atoms with van der Waals surface area (Å²) in [6.45, 7) is 10.2. The molecule has 21 heavy (non-hydrogen) atoms. The molecule has 0 radical (unpaired) electrons. The second kappa shape index (κ2) is 6.00. The lowest BCUT2D eigenvalue weighted by Gasteiger charge is -2.32. The molecule has 5 heteroatoms. The molecular weight excluding hydrogens is 303 g/mol. The summed E-state index contributed by atoms with van der Waals surface area (Å²) in [7, 11) is -0.359. The normalized spacial score (nSPS) is 20.9. The number of aryl methyl sites for hydroxylation is 1. The van der Waals surface area contributed by atoms with E-state index in [2.05, 4.69) is 46.4 Å². The third-order valence-corrected chi connectivity index (χ3v) is 4.91. The first-order valence-electron chi connectivity index (χ1n) is 7.09. The highest BCUT2D eigenvalue weighted by molar-refractivity contribution is 7.80. The molecule has 1 saturated heterocycles. The van der Waals surface area contributed by atoms with E-state index < -0.39 is 0 Å². The predicted octanol–water partition coefficient (Wildman–Crippen LogP) is 4.59. The third-order valence-electron chi connectivity index (χ3n) is 4.31. The minimum absolute atomic E-state index is 0.339. The number of hydrogen-bond donors (Lipinski definition) is 1. The number of rotatable bonds is 3. The molecule has 1 aliphatic rings. The van der Waals surface area contributed by atoms with Crippen molar-refractivity contribution in [3.63, 3.8) is 0 Å². The molecule has 0 saturated carbocycles. The van der Waals surface area contributed by atoms with Crippen LogP contribution in [-0.2, 0) is 9.31 Å². The summed E-state index contributed by atoms with van der Waals surface area (Å²) in [6.07, 6.45) is 2.08. The Hall–Kier alpha value is -0.415. The largest absolute Gasteiger partial charge is 0.491 e. The zero-order valence-electron chi connectivity index (χ0n) is 13.2. The van der Waals surface area contributed by atoms with E-state index >= 15 is 0 Å². The van der Waals surface area contributed by atoms with Gasteiger partial charge in [-0.2, -0.15) is 12.6 Å². The van der Waals surface area contributed by atoms with Gasteiger partial charge >= 0.3 is 7.12 Å². The molecule has 0 spiro atoms. The Morgan fingerprint density at radius 3 is 2.29 bits per heavy atom. The van der Waals surface area contributed by atoms with Crippen molar-refractivity contribution in [1.82, 2.24) is 0 Å². The van der Waals surface area contributed by atoms with Crippen molar-refractivity contribution in [2.45, 2.75) is 45.8 Å². The summed E-state index contributed by atoms with van der Waals surface area (Å²) >= 11 is 10.4. The average Bonchev–Trinajstić information content (AvgIpc) is 2.57. The molecule has 1 fully saturated rings. The van der Waals surface area contributed by atoms with Gasteiger partial charge < -0.3 is 9.31 Å². The Morgan fingerprint density at radius 2 is 1.81 bits per heavy atom. The van der Waals surface area contributed by atoms with Gasteiger partial charge in [0.2, 0.25) is 0 Å². The number of thiol groups is 1. The lowest BCUT2D eigenvalue weighted by atomic mass is 9.78. The molecule has 0 atom stereocenters. The van der Waals surface area contributed by atoms with Gasteiger partial charge in [-0.25, -0.2) is 0 Å². The van der Waals surface area contributed by atoms with Gasteiger partial charge in [-0.1, -0.05) is 23.7 Å². The average molecular weight is 325 g/mol. The van der Waals surface area contributed by atoms with Crippen LogP contribution in [0.25, 0.3) is 6.08 Å². The molecule has 1 heterocycles. The fourth-order valence-corrected chi connectivity index (χ4v) is 2.65. The maximum Gasteiger partial charge on any atom is 0.491 e. The third kappa shape index (κ3) is 3.50. The van der Waals surface area contributed by atoms with Gasteiger partial charge in [0.05, 0.1) is 11.2 Å². The lowest BCUT2D eigenvalue weighted by molar-refractivity contribution is 0.00578. The van der Waals surface area contributed by atoms with Crippen LogP contribution in [0.2, 0.25) is 5.02 Å². The fraction of sp³-hybridized carbons (Fsp3) is 0.500. The molecule has 114 valence electrons. The summed E-state index contributed by atoms with van der Waals surface area (Å²) in [4.78, 5) is 0. The molecular formula is C16H22BClO2S. The fourth-order valence-electron chi connectivity index (χ4n) is 2.18. The zero-order valence-corrected chi connectivity index (χ0v) is 14.9. The molecule has 0 amide bonds. The van der Waals surface area contributed by atoms with Crippen LogP contribution >= 0.6 is 24.2 Å². The van der Waals surface area contributed by atoms with E-state index in [1.165, 1.54) is 0 Å². The number of hydrogen-bond acceptors (Lipinski definition) is 3. The Balaban J connectivity index is 2.31. The minimum Gasteiger partial charge on any atom is -0.400 e. The van der Waals surface area contributed by atoms with E-state index in [-0.39, 0.29) is 18.3 Å². The first kappa shape index (κ1) is 16.9. The Labute approximate surface area is 138 Å². The van der Waals surface area contributed by atoms with Crippen molar-refractivity contribution >= 4 is 37.4 Å². The maximum atomic E-state index is 6.09. The maximum absolute atomic E-state index is 6.09. The topological polar surface area (TPSA) is 18.5 Å². The van der Waals surface area contributed by atoms with Crippen molar-refractivity contribution in [2.75, 3.05) is 5.75 Å². The molecule has 0 N–H and O–H groups in total. The first-order valence-corrected chi connectivity index (χ1v) is 8.10. The quantitative estimate of drug-likeness (QED) is 0.647. The van der Waals surface area contributed by atoms with Crippen LogP contribution in [0.15, 0.2) is 23.7 Å². The molecule has 0 bridgehead atoms. The summed E-state index contributed by atoms with van der Waals surface area (Å²) in [5, 5.41) is 0.743. The van der Waals surface area contributed by atoms with Crippen molar-refractivity contribution in [1.29, 1.82) is 0 Å². The van der Waals surface area contributed by atoms with Crippen LogP contribution in [0.5, 0.6) is 0 Å². The molecule has 1 aliphatic heterocycles. The van der Waals surface area contributed by atoms with Crippen molar-refractivity contribution < 1.29 is 9.31 Å². The van der Waals surface area contributed by atoms with Gasteiger partial charge in [0.1, 0.15) is 0 Å². The SMILES string of the molecule is Cc1cc(Cl)ccc1C=C(CS)B1OC(C)(C)C(C)(C)O1. The molecule has 0 aromatic heterocycles. The van der Waals surface area contributed by atoms with E-state index in [0.29, 0.717) is 5.75 Å². The first-order chi connectivity index (χ1) is 9.66. The molecule has 0 aliphatic carbocycles. The molecule has 0 unspecified atom stereocenters. The van der Waals surface area contributed by atoms with Crippen LogP contribution in [0, 0.1) is 6.92 Å². The van der Waals surface area contributed by atoms with Gasteiger partial charge in [0.15, 0.2) is 0 Å². The Bertz CT molecular complexity index is 553. The van der Waals surface area contributed by atoms with Gasteiger partial charge in [-0.3, -0.25) is 0 Å². The molecule has 2 rings (SSSR count). The van der Waals surface area contributed by atoms with E-state index in [9.17, 15) is 0 Å². The Kier molecular flexibility index (Phi) is 4.84. The highest BCUT2D eigenvalue weighted by Gasteiger charge is 2.52. The highest BCUT2D eigenvalue weighted by atomic mass is 35.5. The van der Waals surface area contributed by atoms with Gasteiger partial charge in [0.25, 0.3) is 0 Å². The zero-order chi connectivity index (χ0) is 15.8. The van der Waals surface area contributed by atoms with Crippen LogP contribution in [0.3, 0.4) is 0 Å².